The number of carbonyl (C=O) groups is 2. The minimum Gasteiger partial charge on any atom is -0.496 e. The van der Waals surface area contributed by atoms with Gasteiger partial charge in [-0.05, 0) is 42.0 Å². The first-order valence-corrected chi connectivity index (χ1v) is 11.9. The van der Waals surface area contributed by atoms with Crippen LogP contribution in [0.4, 0.5) is 5.13 Å². The molecule has 0 spiro atoms. The third kappa shape index (κ3) is 5.55. The van der Waals surface area contributed by atoms with Gasteiger partial charge in [0.1, 0.15) is 16.8 Å². The van der Waals surface area contributed by atoms with Crippen LogP contribution in [0.2, 0.25) is 0 Å². The van der Waals surface area contributed by atoms with Crippen molar-refractivity contribution in [2.45, 2.75) is 12.5 Å². The maximum absolute atomic E-state index is 12.8. The number of aromatic nitrogens is 2. The van der Waals surface area contributed by atoms with E-state index in [2.05, 4.69) is 20.8 Å². The first kappa shape index (κ1) is 21.3. The average molecular weight is 449 g/mol. The number of ether oxygens (including phenoxy) is 1. The second-order valence-electron chi connectivity index (χ2n) is 5.92. The Bertz CT molecular complexity index is 959. The highest BCUT2D eigenvalue weighted by molar-refractivity contribution is 7.98. The third-order valence-corrected chi connectivity index (χ3v) is 6.22. The molecule has 2 amide bonds. The summed E-state index contributed by atoms with van der Waals surface area (Å²) in [5, 5.41) is 18.8. The molecule has 0 saturated heterocycles. The Kier molecular flexibility index (Phi) is 7.62. The van der Waals surface area contributed by atoms with Crippen LogP contribution >= 0.6 is 34.4 Å². The highest BCUT2D eigenvalue weighted by atomic mass is 32.2. The Labute approximate surface area is 180 Å². The maximum atomic E-state index is 12.8. The molecular formula is C19H20N4O3S3. The molecule has 0 saturated carbocycles. The SMILES string of the molecule is COc1ccccc1C(=O)NC(CCSC)C(=O)Nc1nnc(-c2ccsc2)s1. The van der Waals surface area contributed by atoms with Crippen molar-refractivity contribution >= 4 is 51.4 Å². The number of nitrogens with one attached hydrogen (secondary N) is 2. The van der Waals surface area contributed by atoms with Crippen LogP contribution in [-0.4, -0.2) is 47.2 Å². The predicted molar refractivity (Wildman–Crippen MR) is 119 cm³/mol. The van der Waals surface area contributed by atoms with Gasteiger partial charge < -0.3 is 10.1 Å². The van der Waals surface area contributed by atoms with Crippen LogP contribution in [0.1, 0.15) is 16.8 Å². The molecule has 3 aromatic rings. The largest absolute Gasteiger partial charge is 0.496 e. The van der Waals surface area contributed by atoms with E-state index in [1.165, 1.54) is 18.4 Å². The minimum atomic E-state index is -0.701. The number of amides is 2. The van der Waals surface area contributed by atoms with E-state index in [0.717, 1.165) is 16.3 Å². The monoisotopic (exact) mass is 448 g/mol. The van der Waals surface area contributed by atoms with Gasteiger partial charge in [0.2, 0.25) is 11.0 Å². The molecule has 152 valence electrons. The van der Waals surface area contributed by atoms with Gasteiger partial charge in [0.05, 0.1) is 12.7 Å². The lowest BCUT2D eigenvalue weighted by atomic mass is 10.1. The summed E-state index contributed by atoms with van der Waals surface area (Å²) < 4.78 is 5.24. The van der Waals surface area contributed by atoms with Gasteiger partial charge in [-0.25, -0.2) is 0 Å². The number of nitrogens with zero attached hydrogens (tertiary/aromatic N) is 2. The fourth-order valence-electron chi connectivity index (χ4n) is 2.54. The van der Waals surface area contributed by atoms with Gasteiger partial charge in [-0.2, -0.15) is 23.1 Å². The van der Waals surface area contributed by atoms with Crippen LogP contribution in [0, 0.1) is 0 Å². The summed E-state index contributed by atoms with van der Waals surface area (Å²) in [7, 11) is 1.50. The van der Waals surface area contributed by atoms with Crippen molar-refractivity contribution in [3.05, 3.63) is 46.7 Å². The minimum absolute atomic E-state index is 0.324. The van der Waals surface area contributed by atoms with Gasteiger partial charge in [0.15, 0.2) is 0 Å². The molecule has 2 heterocycles. The quantitative estimate of drug-likeness (QED) is 0.518. The summed E-state index contributed by atoms with van der Waals surface area (Å²) >= 11 is 4.47. The molecule has 2 N–H and O–H groups in total. The molecule has 3 rings (SSSR count). The number of thiophene rings is 1. The Hall–Kier alpha value is -2.43. The molecule has 0 bridgehead atoms. The fraction of sp³-hybridized carbons (Fsp3) is 0.263. The zero-order valence-electron chi connectivity index (χ0n) is 15.9. The topological polar surface area (TPSA) is 93.2 Å². The molecule has 0 aliphatic heterocycles. The van der Waals surface area contributed by atoms with Crippen LogP contribution in [0.5, 0.6) is 5.75 Å². The lowest BCUT2D eigenvalue weighted by Crippen LogP contribution is -2.44. The first-order valence-electron chi connectivity index (χ1n) is 8.72. The molecule has 29 heavy (non-hydrogen) atoms. The second kappa shape index (κ2) is 10.4. The Morgan fingerprint density at radius 2 is 2.07 bits per heavy atom. The highest BCUT2D eigenvalue weighted by Gasteiger charge is 2.24. The Morgan fingerprint density at radius 1 is 1.24 bits per heavy atom. The van der Waals surface area contributed by atoms with E-state index in [1.54, 1.807) is 47.4 Å². The number of hydrogen-bond donors (Lipinski definition) is 2. The Balaban J connectivity index is 1.70. The molecular weight excluding hydrogens is 428 g/mol. The number of hydrogen-bond acceptors (Lipinski definition) is 8. The molecule has 1 atom stereocenters. The first-order chi connectivity index (χ1) is 14.1. The van der Waals surface area contributed by atoms with Crippen LogP contribution in [0.25, 0.3) is 10.6 Å². The molecule has 7 nitrogen and oxygen atoms in total. The van der Waals surface area contributed by atoms with E-state index in [4.69, 9.17) is 4.74 Å². The van der Waals surface area contributed by atoms with Gasteiger partial charge in [0, 0.05) is 10.9 Å². The fourth-order valence-corrected chi connectivity index (χ4v) is 4.47. The Morgan fingerprint density at radius 3 is 2.79 bits per heavy atom. The average Bonchev–Trinajstić information content (AvgIpc) is 3.42. The summed E-state index contributed by atoms with van der Waals surface area (Å²) in [4.78, 5) is 25.5. The standard InChI is InChI=1S/C19H20N4O3S3/c1-26-15-6-4-3-5-13(15)16(24)20-14(8-9-27-2)17(25)21-19-23-22-18(29-19)12-7-10-28-11-12/h3-7,10-11,14H,8-9H2,1-2H3,(H,20,24)(H,21,23,25). The van der Waals surface area contributed by atoms with Crippen molar-refractivity contribution < 1.29 is 14.3 Å². The van der Waals surface area contributed by atoms with Crippen molar-refractivity contribution in [2.75, 3.05) is 24.4 Å². The molecule has 0 fully saturated rings. The number of anilines is 1. The lowest BCUT2D eigenvalue weighted by Gasteiger charge is -2.18. The van der Waals surface area contributed by atoms with Gasteiger partial charge >= 0.3 is 0 Å². The third-order valence-electron chi connectivity index (χ3n) is 4.01. The van der Waals surface area contributed by atoms with E-state index in [-0.39, 0.29) is 11.8 Å². The molecule has 10 heteroatoms. The predicted octanol–water partition coefficient (Wildman–Crippen LogP) is 3.77. The van der Waals surface area contributed by atoms with E-state index < -0.39 is 6.04 Å². The number of benzene rings is 1. The van der Waals surface area contributed by atoms with Crippen molar-refractivity contribution in [2.24, 2.45) is 0 Å². The van der Waals surface area contributed by atoms with Crippen molar-refractivity contribution in [3.8, 4) is 16.3 Å². The number of methoxy groups -OCH3 is 1. The molecule has 2 aromatic heterocycles. The molecule has 0 radical (unpaired) electrons. The lowest BCUT2D eigenvalue weighted by molar-refractivity contribution is -0.118. The zero-order chi connectivity index (χ0) is 20.6. The van der Waals surface area contributed by atoms with Crippen LogP contribution < -0.4 is 15.4 Å². The van der Waals surface area contributed by atoms with E-state index in [1.807, 2.05) is 23.1 Å². The number of thioether (sulfide) groups is 1. The summed E-state index contributed by atoms with van der Waals surface area (Å²) in [5.41, 5.74) is 1.35. The van der Waals surface area contributed by atoms with E-state index >= 15 is 0 Å². The van der Waals surface area contributed by atoms with E-state index in [0.29, 0.717) is 22.9 Å². The highest BCUT2D eigenvalue weighted by Crippen LogP contribution is 2.28. The molecule has 0 aliphatic rings. The summed E-state index contributed by atoms with van der Waals surface area (Å²) in [6.07, 6.45) is 2.44. The van der Waals surface area contributed by atoms with Gasteiger partial charge in [-0.15, -0.1) is 10.2 Å². The van der Waals surface area contributed by atoms with Crippen molar-refractivity contribution in [1.29, 1.82) is 0 Å². The zero-order valence-corrected chi connectivity index (χ0v) is 18.3. The number of carbonyl (C=O) groups excluding carboxylic acids is 2. The van der Waals surface area contributed by atoms with Crippen LogP contribution in [0.3, 0.4) is 0 Å². The van der Waals surface area contributed by atoms with Gasteiger partial charge in [0.25, 0.3) is 5.91 Å². The van der Waals surface area contributed by atoms with Gasteiger partial charge in [-0.3, -0.25) is 14.9 Å². The summed E-state index contributed by atoms with van der Waals surface area (Å²) in [5.74, 6) is 0.495. The normalized spacial score (nSPS) is 11.7. The van der Waals surface area contributed by atoms with Crippen LogP contribution in [0.15, 0.2) is 41.1 Å². The molecule has 1 unspecified atom stereocenters. The second-order valence-corrected chi connectivity index (χ2v) is 8.66. The summed E-state index contributed by atoms with van der Waals surface area (Å²) in [6, 6.07) is 8.16. The van der Waals surface area contributed by atoms with Gasteiger partial charge in [-0.1, -0.05) is 23.5 Å². The van der Waals surface area contributed by atoms with Crippen LogP contribution in [-0.2, 0) is 4.79 Å². The van der Waals surface area contributed by atoms with Crippen molar-refractivity contribution in [1.82, 2.24) is 15.5 Å². The number of para-hydroxylation sites is 1. The molecule has 1 aromatic carbocycles. The maximum Gasteiger partial charge on any atom is 0.255 e. The summed E-state index contributed by atoms with van der Waals surface area (Å²) in [6.45, 7) is 0. The molecule has 0 aliphatic carbocycles. The van der Waals surface area contributed by atoms with E-state index in [9.17, 15) is 9.59 Å². The number of rotatable bonds is 9. The smallest absolute Gasteiger partial charge is 0.255 e. The van der Waals surface area contributed by atoms with Crippen molar-refractivity contribution in [3.63, 3.8) is 0 Å².